The van der Waals surface area contributed by atoms with Gasteiger partial charge >= 0.3 is 0 Å². The van der Waals surface area contributed by atoms with Crippen molar-refractivity contribution in [1.29, 1.82) is 0 Å². The quantitative estimate of drug-likeness (QED) is 0.867. The van der Waals surface area contributed by atoms with E-state index >= 15 is 0 Å². The smallest absolute Gasteiger partial charge is 0.196 e. The second-order valence-electron chi connectivity index (χ2n) is 4.58. The Hall–Kier alpha value is -1.55. The molecule has 4 heteroatoms. The summed E-state index contributed by atoms with van der Waals surface area (Å²) in [4.78, 5) is 2.14. The van der Waals surface area contributed by atoms with Crippen LogP contribution in [0.3, 0.4) is 0 Å². The van der Waals surface area contributed by atoms with E-state index in [-0.39, 0.29) is 5.82 Å². The molecule has 0 amide bonds. The van der Waals surface area contributed by atoms with Crippen molar-refractivity contribution in [3.05, 3.63) is 30.1 Å². The Balaban J connectivity index is 1.94. The van der Waals surface area contributed by atoms with Gasteiger partial charge in [-0.2, -0.15) is 0 Å². The van der Waals surface area contributed by atoms with Gasteiger partial charge in [-0.3, -0.25) is 0 Å². The lowest BCUT2D eigenvalue weighted by Crippen LogP contribution is -2.22. The number of halogens is 1. The highest BCUT2D eigenvalue weighted by atomic mass is 19.1. The number of hydrogen-bond donors (Lipinski definition) is 1. The van der Waals surface area contributed by atoms with Crippen LogP contribution in [0.4, 0.5) is 10.3 Å². The minimum atomic E-state index is -0.302. The molecule has 17 heavy (non-hydrogen) atoms. The molecule has 0 saturated carbocycles. The Labute approximate surface area is 99.0 Å². The van der Waals surface area contributed by atoms with E-state index in [0.29, 0.717) is 18.0 Å². The van der Waals surface area contributed by atoms with E-state index in [9.17, 15) is 4.39 Å². The Morgan fingerprint density at radius 2 is 2.35 bits per heavy atom. The molecule has 1 aromatic heterocycles. The van der Waals surface area contributed by atoms with Gasteiger partial charge in [0, 0.05) is 24.5 Å². The first-order valence-electron chi connectivity index (χ1n) is 5.91. The average Bonchev–Trinajstić information content (AvgIpc) is 2.95. The van der Waals surface area contributed by atoms with Crippen molar-refractivity contribution in [2.45, 2.75) is 6.42 Å². The summed E-state index contributed by atoms with van der Waals surface area (Å²) >= 11 is 0. The number of nitrogens with zero attached hydrogens (tertiary/aromatic N) is 1. The lowest BCUT2D eigenvalue weighted by Gasteiger charge is -2.14. The maximum absolute atomic E-state index is 13.5. The van der Waals surface area contributed by atoms with Crippen molar-refractivity contribution in [2.24, 2.45) is 11.7 Å². The van der Waals surface area contributed by atoms with Crippen LogP contribution in [0.15, 0.2) is 28.7 Å². The number of para-hydroxylation sites is 1. The third-order valence-electron chi connectivity index (χ3n) is 3.41. The van der Waals surface area contributed by atoms with Crippen LogP contribution in [0.25, 0.3) is 11.0 Å². The normalized spacial score (nSPS) is 20.4. The lowest BCUT2D eigenvalue weighted by molar-refractivity contribution is 0.548. The molecule has 3 nitrogen and oxygen atoms in total. The van der Waals surface area contributed by atoms with Crippen LogP contribution in [0.1, 0.15) is 6.42 Å². The average molecular weight is 234 g/mol. The van der Waals surface area contributed by atoms with E-state index in [1.807, 2.05) is 12.1 Å². The monoisotopic (exact) mass is 234 g/mol. The summed E-state index contributed by atoms with van der Waals surface area (Å²) in [7, 11) is 0. The van der Waals surface area contributed by atoms with Gasteiger partial charge in [0.25, 0.3) is 0 Å². The number of benzene rings is 1. The zero-order chi connectivity index (χ0) is 11.8. The molecule has 1 atom stereocenters. The van der Waals surface area contributed by atoms with Gasteiger partial charge in [-0.05, 0) is 24.9 Å². The largest absolute Gasteiger partial charge is 0.437 e. The van der Waals surface area contributed by atoms with E-state index in [4.69, 9.17) is 10.2 Å². The molecule has 0 aliphatic carbocycles. The van der Waals surface area contributed by atoms with Crippen LogP contribution in [0.5, 0.6) is 0 Å². The van der Waals surface area contributed by atoms with Crippen LogP contribution in [0, 0.1) is 11.7 Å². The molecule has 1 aromatic carbocycles. The first kappa shape index (κ1) is 10.6. The molecule has 2 heterocycles. The van der Waals surface area contributed by atoms with Crippen LogP contribution in [-0.2, 0) is 0 Å². The Morgan fingerprint density at radius 3 is 3.06 bits per heavy atom. The topological polar surface area (TPSA) is 42.4 Å². The number of fused-ring (bicyclic) bond motifs is 1. The summed E-state index contributed by atoms with van der Waals surface area (Å²) in [6, 6.07) is 6.88. The summed E-state index contributed by atoms with van der Waals surface area (Å²) in [5, 5.41) is 0.816. The zero-order valence-corrected chi connectivity index (χ0v) is 9.53. The van der Waals surface area contributed by atoms with Gasteiger partial charge in [0.1, 0.15) is 0 Å². The standard InChI is InChI=1S/C13H15FN2O/c14-11-3-1-2-10-6-12(17-13(10)11)16-5-4-9(7-15)8-16/h1-3,6,9H,4-5,7-8,15H2. The molecule has 0 radical (unpaired) electrons. The van der Waals surface area contributed by atoms with Gasteiger partial charge in [0.2, 0.25) is 0 Å². The third kappa shape index (κ3) is 1.78. The van der Waals surface area contributed by atoms with Crippen molar-refractivity contribution >= 4 is 16.9 Å². The van der Waals surface area contributed by atoms with Gasteiger partial charge in [0.05, 0.1) is 0 Å². The second kappa shape index (κ2) is 4.04. The highest BCUT2D eigenvalue weighted by Gasteiger charge is 2.24. The Morgan fingerprint density at radius 1 is 1.47 bits per heavy atom. The summed E-state index contributed by atoms with van der Waals surface area (Å²) in [6.45, 7) is 2.53. The molecule has 1 saturated heterocycles. The Bertz CT molecular complexity index is 537. The maximum Gasteiger partial charge on any atom is 0.196 e. The van der Waals surface area contributed by atoms with E-state index in [1.165, 1.54) is 6.07 Å². The Kier molecular flexibility index (Phi) is 2.52. The molecule has 2 N–H and O–H groups in total. The second-order valence-corrected chi connectivity index (χ2v) is 4.58. The molecule has 90 valence electrons. The van der Waals surface area contributed by atoms with Crippen LogP contribution in [0.2, 0.25) is 0 Å². The third-order valence-corrected chi connectivity index (χ3v) is 3.41. The minimum Gasteiger partial charge on any atom is -0.437 e. The molecule has 1 aliphatic heterocycles. The summed E-state index contributed by atoms with van der Waals surface area (Å²) in [6.07, 6.45) is 1.08. The van der Waals surface area contributed by atoms with E-state index in [0.717, 1.165) is 30.8 Å². The molecule has 0 bridgehead atoms. The fourth-order valence-electron chi connectivity index (χ4n) is 2.39. The van der Waals surface area contributed by atoms with Crippen molar-refractivity contribution < 1.29 is 8.81 Å². The molecule has 1 fully saturated rings. The van der Waals surface area contributed by atoms with E-state index < -0.39 is 0 Å². The summed E-state index contributed by atoms with van der Waals surface area (Å²) < 4.78 is 19.1. The van der Waals surface area contributed by atoms with Gasteiger partial charge in [0.15, 0.2) is 17.3 Å². The molecule has 2 aromatic rings. The van der Waals surface area contributed by atoms with Gasteiger partial charge < -0.3 is 15.1 Å². The van der Waals surface area contributed by atoms with Gasteiger partial charge in [-0.25, -0.2) is 4.39 Å². The maximum atomic E-state index is 13.5. The van der Waals surface area contributed by atoms with Crippen LogP contribution in [-0.4, -0.2) is 19.6 Å². The van der Waals surface area contributed by atoms with Crippen molar-refractivity contribution in [1.82, 2.24) is 0 Å². The molecule has 0 spiro atoms. The molecular weight excluding hydrogens is 219 g/mol. The highest BCUT2D eigenvalue weighted by molar-refractivity contribution is 5.81. The van der Waals surface area contributed by atoms with E-state index in [1.54, 1.807) is 6.07 Å². The van der Waals surface area contributed by atoms with Crippen molar-refractivity contribution in [3.63, 3.8) is 0 Å². The predicted molar refractivity (Wildman–Crippen MR) is 65.5 cm³/mol. The first-order valence-corrected chi connectivity index (χ1v) is 5.91. The fourth-order valence-corrected chi connectivity index (χ4v) is 2.39. The molecular formula is C13H15FN2O. The fraction of sp³-hybridized carbons (Fsp3) is 0.385. The summed E-state index contributed by atoms with van der Waals surface area (Å²) in [5.74, 6) is 0.970. The van der Waals surface area contributed by atoms with Crippen LogP contribution < -0.4 is 10.6 Å². The number of hydrogen-bond acceptors (Lipinski definition) is 3. The molecule has 1 aliphatic rings. The highest BCUT2D eigenvalue weighted by Crippen LogP contribution is 2.30. The van der Waals surface area contributed by atoms with E-state index in [2.05, 4.69) is 4.90 Å². The SMILES string of the molecule is NCC1CCN(c2cc3cccc(F)c3o2)C1. The zero-order valence-electron chi connectivity index (χ0n) is 9.53. The van der Waals surface area contributed by atoms with Crippen molar-refractivity contribution in [2.75, 3.05) is 24.5 Å². The molecule has 1 unspecified atom stereocenters. The van der Waals surface area contributed by atoms with Crippen molar-refractivity contribution in [3.8, 4) is 0 Å². The first-order chi connectivity index (χ1) is 8.28. The number of nitrogens with two attached hydrogens (primary N) is 1. The van der Waals surface area contributed by atoms with Crippen LogP contribution >= 0.6 is 0 Å². The minimum absolute atomic E-state index is 0.302. The van der Waals surface area contributed by atoms with Gasteiger partial charge in [-0.15, -0.1) is 0 Å². The summed E-state index contributed by atoms with van der Waals surface area (Å²) in [5.41, 5.74) is 6.00. The lowest BCUT2D eigenvalue weighted by atomic mass is 10.1. The van der Waals surface area contributed by atoms with Gasteiger partial charge in [-0.1, -0.05) is 12.1 Å². The molecule has 3 rings (SSSR count). The number of furan rings is 1. The number of rotatable bonds is 2. The number of anilines is 1. The predicted octanol–water partition coefficient (Wildman–Crippen LogP) is 2.36.